The number of nitrogens with one attached hydrogen (secondary N) is 1. The summed E-state index contributed by atoms with van der Waals surface area (Å²) in [6, 6.07) is 6.30. The number of carbonyl (C=O) groups is 1. The molecule has 0 aliphatic heterocycles. The van der Waals surface area contributed by atoms with E-state index in [1.807, 2.05) is 13.8 Å². The van der Waals surface area contributed by atoms with Gasteiger partial charge in [-0.2, -0.15) is 0 Å². The molecule has 0 fully saturated rings. The summed E-state index contributed by atoms with van der Waals surface area (Å²) >= 11 is 1.38. The van der Waals surface area contributed by atoms with E-state index in [1.54, 1.807) is 18.3 Å². The second kappa shape index (κ2) is 7.47. The highest BCUT2D eigenvalue weighted by Crippen LogP contribution is 2.21. The first kappa shape index (κ1) is 16.6. The minimum atomic E-state index is -0.654. The number of amides is 1. The van der Waals surface area contributed by atoms with Crippen LogP contribution in [0.1, 0.15) is 30.7 Å². The van der Waals surface area contributed by atoms with E-state index in [2.05, 4.69) is 10.3 Å². The topological polar surface area (TPSA) is 62.2 Å². The average Bonchev–Trinajstić information content (AvgIpc) is 2.88. The molecule has 1 unspecified atom stereocenters. The van der Waals surface area contributed by atoms with Gasteiger partial charge in [0.1, 0.15) is 5.82 Å². The molecule has 0 bridgehead atoms. The van der Waals surface area contributed by atoms with Crippen molar-refractivity contribution in [3.8, 4) is 0 Å². The normalized spacial score (nSPS) is 12.4. The number of nitrogens with zero attached hydrogens (tertiary/aromatic N) is 1. The molecule has 2 N–H and O–H groups in total. The van der Waals surface area contributed by atoms with Crippen LogP contribution in [0.4, 0.5) is 9.52 Å². The second-order valence-corrected chi connectivity index (χ2v) is 6.61. The Morgan fingerprint density at radius 3 is 2.68 bits per heavy atom. The zero-order valence-electron chi connectivity index (χ0n) is 12.5. The van der Waals surface area contributed by atoms with Crippen LogP contribution in [0.5, 0.6) is 0 Å². The standard InChI is InChI=1S/C16H19FN2O2S/c1-10(2)14(20)8-15(21)19-16-18-9-13(22-16)7-11-3-5-12(17)6-4-11/h3-6,9-10,14,20H,7-8H2,1-2H3,(H,18,19,21). The second-order valence-electron chi connectivity index (χ2n) is 5.50. The van der Waals surface area contributed by atoms with Gasteiger partial charge in [0.15, 0.2) is 5.13 Å². The van der Waals surface area contributed by atoms with Gasteiger partial charge in [-0.1, -0.05) is 26.0 Å². The van der Waals surface area contributed by atoms with E-state index in [1.165, 1.54) is 23.5 Å². The van der Waals surface area contributed by atoms with E-state index < -0.39 is 6.10 Å². The first-order valence-electron chi connectivity index (χ1n) is 7.11. The average molecular weight is 322 g/mol. The Hall–Kier alpha value is -1.79. The zero-order valence-corrected chi connectivity index (χ0v) is 13.4. The zero-order chi connectivity index (χ0) is 16.1. The molecule has 4 nitrogen and oxygen atoms in total. The van der Waals surface area contributed by atoms with Gasteiger partial charge in [-0.15, -0.1) is 11.3 Å². The highest BCUT2D eigenvalue weighted by Gasteiger charge is 2.15. The maximum Gasteiger partial charge on any atom is 0.228 e. The number of aliphatic hydroxyl groups excluding tert-OH is 1. The van der Waals surface area contributed by atoms with Gasteiger partial charge in [-0.05, 0) is 23.6 Å². The van der Waals surface area contributed by atoms with Gasteiger partial charge >= 0.3 is 0 Å². The number of aliphatic hydroxyl groups is 1. The molecule has 0 radical (unpaired) electrons. The van der Waals surface area contributed by atoms with Crippen molar-refractivity contribution >= 4 is 22.4 Å². The number of carbonyl (C=O) groups excluding carboxylic acids is 1. The quantitative estimate of drug-likeness (QED) is 0.858. The lowest BCUT2D eigenvalue weighted by molar-refractivity contribution is -0.118. The minimum Gasteiger partial charge on any atom is -0.392 e. The van der Waals surface area contributed by atoms with Gasteiger partial charge in [-0.3, -0.25) is 4.79 Å². The fourth-order valence-electron chi connectivity index (χ4n) is 1.85. The molecular weight excluding hydrogens is 303 g/mol. The van der Waals surface area contributed by atoms with Crippen LogP contribution in [0.2, 0.25) is 0 Å². The lowest BCUT2D eigenvalue weighted by Gasteiger charge is -2.12. The van der Waals surface area contributed by atoms with Gasteiger partial charge in [0.05, 0.1) is 12.5 Å². The Bertz CT molecular complexity index is 625. The smallest absolute Gasteiger partial charge is 0.228 e. The van der Waals surface area contributed by atoms with Crippen LogP contribution >= 0.6 is 11.3 Å². The van der Waals surface area contributed by atoms with Crippen molar-refractivity contribution in [2.24, 2.45) is 5.92 Å². The highest BCUT2D eigenvalue weighted by molar-refractivity contribution is 7.15. The van der Waals surface area contributed by atoms with Crippen LogP contribution in [0.25, 0.3) is 0 Å². The van der Waals surface area contributed by atoms with E-state index in [0.29, 0.717) is 11.6 Å². The molecular formula is C16H19FN2O2S. The van der Waals surface area contributed by atoms with Crippen molar-refractivity contribution in [3.63, 3.8) is 0 Å². The van der Waals surface area contributed by atoms with Crippen LogP contribution in [0, 0.1) is 11.7 Å². The van der Waals surface area contributed by atoms with E-state index in [-0.39, 0.29) is 24.1 Å². The molecule has 1 heterocycles. The summed E-state index contributed by atoms with van der Waals surface area (Å²) in [5.74, 6) is -0.468. The van der Waals surface area contributed by atoms with Crippen molar-refractivity contribution in [1.29, 1.82) is 0 Å². The summed E-state index contributed by atoms with van der Waals surface area (Å²) in [6.45, 7) is 3.73. The molecule has 0 spiro atoms. The lowest BCUT2D eigenvalue weighted by Crippen LogP contribution is -2.23. The van der Waals surface area contributed by atoms with Crippen molar-refractivity contribution in [3.05, 3.63) is 46.7 Å². The molecule has 2 aromatic rings. The number of hydrogen-bond acceptors (Lipinski definition) is 4. The van der Waals surface area contributed by atoms with Crippen LogP contribution in [0.15, 0.2) is 30.5 Å². The van der Waals surface area contributed by atoms with Gasteiger partial charge in [0.2, 0.25) is 5.91 Å². The van der Waals surface area contributed by atoms with Crippen LogP contribution in [-0.4, -0.2) is 22.1 Å². The number of thiazole rings is 1. The summed E-state index contributed by atoms with van der Waals surface area (Å²) in [7, 11) is 0. The Morgan fingerprint density at radius 1 is 1.36 bits per heavy atom. The third kappa shape index (κ3) is 4.89. The van der Waals surface area contributed by atoms with Crippen molar-refractivity contribution < 1.29 is 14.3 Å². The molecule has 1 amide bonds. The summed E-state index contributed by atoms with van der Waals surface area (Å²) in [5, 5.41) is 12.9. The summed E-state index contributed by atoms with van der Waals surface area (Å²) in [4.78, 5) is 16.9. The first-order chi connectivity index (χ1) is 10.4. The van der Waals surface area contributed by atoms with Crippen LogP contribution < -0.4 is 5.32 Å². The molecule has 1 aromatic heterocycles. The number of hydrogen-bond donors (Lipinski definition) is 2. The third-order valence-electron chi connectivity index (χ3n) is 3.26. The SMILES string of the molecule is CC(C)C(O)CC(=O)Nc1ncc(Cc2ccc(F)cc2)s1. The number of halogens is 1. The maximum atomic E-state index is 12.9. The van der Waals surface area contributed by atoms with Crippen molar-refractivity contribution in [1.82, 2.24) is 4.98 Å². The fourth-order valence-corrected chi connectivity index (χ4v) is 2.71. The molecule has 22 heavy (non-hydrogen) atoms. The van der Waals surface area contributed by atoms with E-state index in [9.17, 15) is 14.3 Å². The van der Waals surface area contributed by atoms with Gasteiger partial charge in [0.25, 0.3) is 0 Å². The van der Waals surface area contributed by atoms with Crippen molar-refractivity contribution in [2.75, 3.05) is 5.32 Å². The van der Waals surface area contributed by atoms with Gasteiger partial charge in [0, 0.05) is 17.5 Å². The van der Waals surface area contributed by atoms with Crippen LogP contribution in [-0.2, 0) is 11.2 Å². The fraction of sp³-hybridized carbons (Fsp3) is 0.375. The minimum absolute atomic E-state index is 0.0380. The number of anilines is 1. The third-order valence-corrected chi connectivity index (χ3v) is 4.17. The van der Waals surface area contributed by atoms with E-state index in [4.69, 9.17) is 0 Å². The highest BCUT2D eigenvalue weighted by atomic mass is 32.1. The molecule has 1 atom stereocenters. The number of rotatable bonds is 6. The predicted octanol–water partition coefficient (Wildman–Crippen LogP) is 3.22. The van der Waals surface area contributed by atoms with E-state index >= 15 is 0 Å². The molecule has 2 rings (SSSR count). The molecule has 118 valence electrons. The monoisotopic (exact) mass is 322 g/mol. The van der Waals surface area contributed by atoms with Crippen molar-refractivity contribution in [2.45, 2.75) is 32.8 Å². The number of aromatic nitrogens is 1. The molecule has 0 aliphatic carbocycles. The Balaban J connectivity index is 1.91. The molecule has 1 aromatic carbocycles. The van der Waals surface area contributed by atoms with E-state index in [0.717, 1.165) is 10.4 Å². The lowest BCUT2D eigenvalue weighted by atomic mass is 10.0. The summed E-state index contributed by atoms with van der Waals surface area (Å²) < 4.78 is 12.9. The predicted molar refractivity (Wildman–Crippen MR) is 85.4 cm³/mol. The number of benzene rings is 1. The Kier molecular flexibility index (Phi) is 5.63. The molecule has 0 aliphatic rings. The Morgan fingerprint density at radius 2 is 2.05 bits per heavy atom. The van der Waals surface area contributed by atoms with Gasteiger partial charge < -0.3 is 10.4 Å². The summed E-state index contributed by atoms with van der Waals surface area (Å²) in [5.41, 5.74) is 0.984. The molecule has 0 saturated carbocycles. The first-order valence-corrected chi connectivity index (χ1v) is 7.92. The largest absolute Gasteiger partial charge is 0.392 e. The maximum absolute atomic E-state index is 12.9. The van der Waals surface area contributed by atoms with Gasteiger partial charge in [-0.25, -0.2) is 9.37 Å². The summed E-state index contributed by atoms with van der Waals surface area (Å²) in [6.07, 6.45) is 1.74. The van der Waals surface area contributed by atoms with Crippen LogP contribution in [0.3, 0.4) is 0 Å². The molecule has 6 heteroatoms. The molecule has 0 saturated heterocycles. The Labute approximate surface area is 133 Å².